The number of esters is 1. The number of ether oxygens (including phenoxy) is 1. The van der Waals surface area contributed by atoms with Crippen LogP contribution in [0.4, 0.5) is 4.39 Å². The summed E-state index contributed by atoms with van der Waals surface area (Å²) < 4.78 is 23.4. The molecule has 1 aromatic heterocycles. The quantitative estimate of drug-likeness (QED) is 0.676. The summed E-state index contributed by atoms with van der Waals surface area (Å²) >= 11 is 0. The average molecular weight is 368 g/mol. The fourth-order valence-electron chi connectivity index (χ4n) is 2.28. The molecule has 0 spiro atoms. The van der Waals surface area contributed by atoms with Crippen LogP contribution in [0.15, 0.2) is 59.1 Å². The second-order valence-corrected chi connectivity index (χ2v) is 5.83. The number of amides is 1. The summed E-state index contributed by atoms with van der Waals surface area (Å²) in [6.07, 6.45) is 1.47. The first-order valence-electron chi connectivity index (χ1n) is 8.22. The first-order valence-corrected chi connectivity index (χ1v) is 8.22. The Hall–Kier alpha value is -3.48. The van der Waals surface area contributed by atoms with Crippen LogP contribution >= 0.6 is 0 Å². The number of carbonyl (C=O) groups is 2. The molecular formula is C20H17FN2O4. The average Bonchev–Trinajstić information content (AvgIpc) is 3.14. The number of nitrogens with zero attached hydrogens (tertiary/aromatic N) is 1. The van der Waals surface area contributed by atoms with Crippen molar-refractivity contribution in [2.45, 2.75) is 13.5 Å². The molecule has 0 atom stereocenters. The molecule has 0 aliphatic carbocycles. The highest BCUT2D eigenvalue weighted by atomic mass is 19.1. The molecule has 3 rings (SSSR count). The minimum atomic E-state index is -0.614. The highest BCUT2D eigenvalue weighted by Crippen LogP contribution is 2.20. The Labute approximate surface area is 155 Å². The van der Waals surface area contributed by atoms with E-state index in [-0.39, 0.29) is 30.8 Å². The van der Waals surface area contributed by atoms with E-state index in [1.165, 1.54) is 18.3 Å². The number of benzene rings is 2. The monoisotopic (exact) mass is 368 g/mol. The van der Waals surface area contributed by atoms with Crippen molar-refractivity contribution in [1.82, 2.24) is 10.3 Å². The summed E-state index contributed by atoms with van der Waals surface area (Å²) in [5.74, 6) is -0.681. The van der Waals surface area contributed by atoms with Gasteiger partial charge in [0, 0.05) is 11.1 Å². The first-order chi connectivity index (χ1) is 13.0. The molecule has 1 N–H and O–H groups in total. The third kappa shape index (κ3) is 5.01. The summed E-state index contributed by atoms with van der Waals surface area (Å²) in [4.78, 5) is 27.7. The van der Waals surface area contributed by atoms with Crippen LogP contribution in [0.2, 0.25) is 0 Å². The Morgan fingerprint density at radius 2 is 1.81 bits per heavy atom. The summed E-state index contributed by atoms with van der Waals surface area (Å²) in [6.45, 7) is 1.49. The maximum atomic E-state index is 12.9. The third-order valence-electron chi connectivity index (χ3n) is 3.75. The van der Waals surface area contributed by atoms with Crippen molar-refractivity contribution in [2.75, 3.05) is 6.54 Å². The van der Waals surface area contributed by atoms with E-state index in [0.717, 1.165) is 5.56 Å². The Morgan fingerprint density at radius 1 is 1.11 bits per heavy atom. The van der Waals surface area contributed by atoms with Crippen molar-refractivity contribution >= 4 is 11.9 Å². The molecule has 0 saturated carbocycles. The number of aromatic nitrogens is 1. The molecule has 0 bridgehead atoms. The smallest absolute Gasteiger partial charge is 0.325 e. The van der Waals surface area contributed by atoms with Gasteiger partial charge in [-0.2, -0.15) is 0 Å². The summed E-state index contributed by atoms with van der Waals surface area (Å²) in [6, 6.07) is 12.7. The lowest BCUT2D eigenvalue weighted by Gasteiger charge is -2.05. The lowest BCUT2D eigenvalue weighted by atomic mass is 10.1. The van der Waals surface area contributed by atoms with Crippen LogP contribution in [0.3, 0.4) is 0 Å². The van der Waals surface area contributed by atoms with Gasteiger partial charge in [0.05, 0.1) is 6.20 Å². The number of nitrogens with one attached hydrogen (secondary N) is 1. The van der Waals surface area contributed by atoms with Crippen LogP contribution in [0.1, 0.15) is 21.8 Å². The molecule has 0 fully saturated rings. The number of hydrogen-bond donors (Lipinski definition) is 1. The molecule has 1 amide bonds. The summed E-state index contributed by atoms with van der Waals surface area (Å²) in [5.41, 5.74) is 2.16. The van der Waals surface area contributed by atoms with E-state index in [0.29, 0.717) is 16.9 Å². The molecule has 0 radical (unpaired) electrons. The van der Waals surface area contributed by atoms with Crippen LogP contribution in [-0.2, 0) is 16.1 Å². The molecule has 0 unspecified atom stereocenters. The molecule has 138 valence electrons. The molecular weight excluding hydrogens is 351 g/mol. The molecule has 2 aromatic carbocycles. The zero-order valence-corrected chi connectivity index (χ0v) is 14.6. The van der Waals surface area contributed by atoms with Crippen molar-refractivity contribution in [1.29, 1.82) is 0 Å². The van der Waals surface area contributed by atoms with E-state index >= 15 is 0 Å². The van der Waals surface area contributed by atoms with Gasteiger partial charge in [-0.15, -0.1) is 0 Å². The number of oxazole rings is 1. The number of carbonyl (C=O) groups excluding carboxylic acids is 2. The first kappa shape index (κ1) is 18.3. The normalized spacial score (nSPS) is 10.4. The molecule has 27 heavy (non-hydrogen) atoms. The fraction of sp³-hybridized carbons (Fsp3) is 0.150. The Kier molecular flexibility index (Phi) is 5.61. The van der Waals surface area contributed by atoms with Crippen LogP contribution in [0.25, 0.3) is 11.3 Å². The lowest BCUT2D eigenvalue weighted by molar-refractivity contribution is -0.144. The van der Waals surface area contributed by atoms with Gasteiger partial charge in [-0.1, -0.05) is 17.7 Å². The number of hydrogen-bond acceptors (Lipinski definition) is 5. The predicted molar refractivity (Wildman–Crippen MR) is 95.2 cm³/mol. The highest BCUT2D eigenvalue weighted by molar-refractivity contribution is 5.95. The maximum absolute atomic E-state index is 12.9. The molecule has 0 aliphatic rings. The highest BCUT2D eigenvalue weighted by Gasteiger charge is 2.11. The van der Waals surface area contributed by atoms with Crippen LogP contribution in [0.5, 0.6) is 0 Å². The van der Waals surface area contributed by atoms with Gasteiger partial charge in [-0.05, 0) is 43.3 Å². The van der Waals surface area contributed by atoms with Crippen molar-refractivity contribution in [3.8, 4) is 11.3 Å². The third-order valence-corrected chi connectivity index (χ3v) is 3.75. The minimum Gasteiger partial charge on any atom is -0.454 e. The second-order valence-electron chi connectivity index (χ2n) is 5.83. The van der Waals surface area contributed by atoms with Gasteiger partial charge in [-0.3, -0.25) is 9.59 Å². The SMILES string of the molecule is Cc1ccc(C(=O)NCC(=O)OCc2ncc(-c3ccc(F)cc3)o2)cc1. The zero-order chi connectivity index (χ0) is 19.2. The molecule has 0 saturated heterocycles. The zero-order valence-electron chi connectivity index (χ0n) is 14.6. The predicted octanol–water partition coefficient (Wildman–Crippen LogP) is 3.26. The number of aryl methyl sites for hydroxylation is 1. The minimum absolute atomic E-state index is 0.166. The van der Waals surface area contributed by atoms with Gasteiger partial charge in [0.2, 0.25) is 5.89 Å². The molecule has 6 nitrogen and oxygen atoms in total. The van der Waals surface area contributed by atoms with Crippen LogP contribution in [-0.4, -0.2) is 23.4 Å². The molecule has 7 heteroatoms. The van der Waals surface area contributed by atoms with Gasteiger partial charge >= 0.3 is 5.97 Å². The van der Waals surface area contributed by atoms with Crippen LogP contribution in [0, 0.1) is 12.7 Å². The maximum Gasteiger partial charge on any atom is 0.325 e. The fourth-order valence-corrected chi connectivity index (χ4v) is 2.28. The largest absolute Gasteiger partial charge is 0.454 e. The van der Waals surface area contributed by atoms with E-state index in [4.69, 9.17) is 9.15 Å². The number of halogens is 1. The van der Waals surface area contributed by atoms with Gasteiger partial charge < -0.3 is 14.5 Å². The molecule has 0 aliphatic heterocycles. The second kappa shape index (κ2) is 8.27. The van der Waals surface area contributed by atoms with E-state index in [2.05, 4.69) is 10.3 Å². The van der Waals surface area contributed by atoms with Gasteiger partial charge in [0.25, 0.3) is 5.91 Å². The van der Waals surface area contributed by atoms with Gasteiger partial charge in [0.15, 0.2) is 12.4 Å². The Bertz CT molecular complexity index is 933. The van der Waals surface area contributed by atoms with E-state index < -0.39 is 5.97 Å². The molecule has 3 aromatic rings. The van der Waals surface area contributed by atoms with Crippen molar-refractivity contribution in [2.24, 2.45) is 0 Å². The summed E-state index contributed by atoms with van der Waals surface area (Å²) in [5, 5.41) is 2.49. The Balaban J connectivity index is 1.47. The van der Waals surface area contributed by atoms with Crippen molar-refractivity contribution in [3.05, 3.63) is 77.6 Å². The van der Waals surface area contributed by atoms with Crippen molar-refractivity contribution in [3.63, 3.8) is 0 Å². The van der Waals surface area contributed by atoms with Crippen molar-refractivity contribution < 1.29 is 23.1 Å². The Morgan fingerprint density at radius 3 is 2.52 bits per heavy atom. The van der Waals surface area contributed by atoms with Gasteiger partial charge in [0.1, 0.15) is 12.4 Å². The standard InChI is InChI=1S/C20H17FN2O4/c1-13-2-4-15(5-3-13)20(25)23-11-19(24)26-12-18-22-10-17(27-18)14-6-8-16(21)9-7-14/h2-10H,11-12H2,1H3,(H,23,25). The van der Waals surface area contributed by atoms with E-state index in [9.17, 15) is 14.0 Å². The van der Waals surface area contributed by atoms with Gasteiger partial charge in [-0.25, -0.2) is 9.37 Å². The van der Waals surface area contributed by atoms with E-state index in [1.54, 1.807) is 24.3 Å². The van der Waals surface area contributed by atoms with E-state index in [1.807, 2.05) is 19.1 Å². The summed E-state index contributed by atoms with van der Waals surface area (Å²) in [7, 11) is 0. The lowest BCUT2D eigenvalue weighted by Crippen LogP contribution is -2.30. The molecule has 1 heterocycles. The number of rotatable bonds is 6. The topological polar surface area (TPSA) is 81.4 Å². The van der Waals surface area contributed by atoms with Crippen LogP contribution < -0.4 is 5.32 Å².